The Balaban J connectivity index is 2.10. The van der Waals surface area contributed by atoms with Crippen LogP contribution >= 0.6 is 11.8 Å². The van der Waals surface area contributed by atoms with Gasteiger partial charge in [-0.15, -0.1) is 0 Å². The third kappa shape index (κ3) is 1.75. The van der Waals surface area contributed by atoms with Crippen molar-refractivity contribution in [2.24, 2.45) is 0 Å². The average molecular weight is 257 g/mol. The van der Waals surface area contributed by atoms with Gasteiger partial charge in [0.05, 0.1) is 28.9 Å². The number of ether oxygens (including phenoxy) is 1. The largest absolute Gasteiger partial charge is 0.465 e. The molecule has 4 heteroatoms. The molecule has 1 aliphatic heterocycles. The molecule has 0 atom stereocenters. The Kier molecular flexibility index (Phi) is 2.72. The lowest BCUT2D eigenvalue weighted by molar-refractivity contribution is 0.0597. The molecular formula is C14H11NO2S. The molecular weight excluding hydrogens is 246 g/mol. The summed E-state index contributed by atoms with van der Waals surface area (Å²) in [6, 6.07) is 13.6. The van der Waals surface area contributed by atoms with E-state index in [1.807, 2.05) is 36.4 Å². The average Bonchev–Trinajstić information content (AvgIpc) is 2.43. The molecule has 0 saturated heterocycles. The summed E-state index contributed by atoms with van der Waals surface area (Å²) < 4.78 is 4.81. The van der Waals surface area contributed by atoms with Crippen LogP contribution in [0.5, 0.6) is 0 Å². The molecule has 1 heterocycles. The number of hydrogen-bond donors (Lipinski definition) is 1. The number of nitrogens with one attached hydrogen (secondary N) is 1. The number of methoxy groups -OCH3 is 1. The minimum Gasteiger partial charge on any atom is -0.465 e. The maximum absolute atomic E-state index is 11.7. The second-order valence-corrected chi connectivity index (χ2v) is 4.95. The molecule has 1 aliphatic rings. The number of fused-ring (bicyclic) bond motifs is 2. The highest BCUT2D eigenvalue weighted by Crippen LogP contribution is 2.45. The summed E-state index contributed by atoms with van der Waals surface area (Å²) in [5.74, 6) is -0.305. The predicted octanol–water partition coefficient (Wildman–Crippen LogP) is 3.68. The number of benzene rings is 2. The molecule has 0 unspecified atom stereocenters. The molecule has 2 aromatic carbocycles. The van der Waals surface area contributed by atoms with E-state index >= 15 is 0 Å². The smallest absolute Gasteiger partial charge is 0.339 e. The Hall–Kier alpha value is -1.94. The lowest BCUT2D eigenvalue weighted by Gasteiger charge is -2.22. The van der Waals surface area contributed by atoms with Gasteiger partial charge < -0.3 is 10.1 Å². The highest BCUT2D eigenvalue weighted by molar-refractivity contribution is 7.99. The summed E-state index contributed by atoms with van der Waals surface area (Å²) in [4.78, 5) is 13.8. The van der Waals surface area contributed by atoms with Gasteiger partial charge in [-0.25, -0.2) is 4.79 Å². The lowest BCUT2D eigenvalue weighted by Crippen LogP contribution is -2.07. The Morgan fingerprint density at radius 1 is 1.11 bits per heavy atom. The van der Waals surface area contributed by atoms with Crippen LogP contribution < -0.4 is 5.32 Å². The van der Waals surface area contributed by atoms with Crippen molar-refractivity contribution in [1.29, 1.82) is 0 Å². The molecule has 0 amide bonds. The van der Waals surface area contributed by atoms with Crippen molar-refractivity contribution in [3.05, 3.63) is 48.0 Å². The van der Waals surface area contributed by atoms with Gasteiger partial charge in [-0.1, -0.05) is 30.0 Å². The van der Waals surface area contributed by atoms with E-state index in [-0.39, 0.29) is 5.97 Å². The summed E-state index contributed by atoms with van der Waals surface area (Å²) in [5.41, 5.74) is 2.61. The third-order valence-corrected chi connectivity index (χ3v) is 4.01. The summed E-state index contributed by atoms with van der Waals surface area (Å²) >= 11 is 1.59. The Morgan fingerprint density at radius 3 is 2.72 bits per heavy atom. The maximum atomic E-state index is 11.7. The topological polar surface area (TPSA) is 38.3 Å². The first kappa shape index (κ1) is 11.2. The molecule has 2 aromatic rings. The summed E-state index contributed by atoms with van der Waals surface area (Å²) in [6.07, 6.45) is 0. The molecule has 3 nitrogen and oxygen atoms in total. The van der Waals surface area contributed by atoms with Gasteiger partial charge in [0.2, 0.25) is 0 Å². The normalized spacial score (nSPS) is 12.1. The second kappa shape index (κ2) is 4.38. The van der Waals surface area contributed by atoms with Crippen LogP contribution in [0.25, 0.3) is 0 Å². The Labute approximate surface area is 109 Å². The van der Waals surface area contributed by atoms with Crippen LogP contribution in [0, 0.1) is 0 Å². The SMILES string of the molecule is COC(=O)c1cccc2c1Sc1ccccc1N2. The van der Waals surface area contributed by atoms with Crippen molar-refractivity contribution in [3.63, 3.8) is 0 Å². The first-order valence-corrected chi connectivity index (χ1v) is 6.36. The molecule has 0 fully saturated rings. The van der Waals surface area contributed by atoms with Crippen molar-refractivity contribution in [1.82, 2.24) is 0 Å². The van der Waals surface area contributed by atoms with E-state index < -0.39 is 0 Å². The van der Waals surface area contributed by atoms with Crippen LogP contribution in [0.4, 0.5) is 11.4 Å². The molecule has 18 heavy (non-hydrogen) atoms. The van der Waals surface area contributed by atoms with Crippen LogP contribution in [-0.2, 0) is 4.74 Å². The lowest BCUT2D eigenvalue weighted by atomic mass is 10.2. The zero-order valence-corrected chi connectivity index (χ0v) is 10.6. The van der Waals surface area contributed by atoms with Gasteiger partial charge in [0, 0.05) is 4.90 Å². The zero-order valence-electron chi connectivity index (χ0n) is 9.77. The number of para-hydroxylation sites is 1. The number of anilines is 2. The van der Waals surface area contributed by atoms with E-state index in [0.717, 1.165) is 21.2 Å². The minimum atomic E-state index is -0.305. The first-order chi connectivity index (χ1) is 8.79. The highest BCUT2D eigenvalue weighted by Gasteiger charge is 2.21. The van der Waals surface area contributed by atoms with Gasteiger partial charge in [-0.3, -0.25) is 0 Å². The number of carbonyl (C=O) groups is 1. The number of hydrogen-bond acceptors (Lipinski definition) is 4. The molecule has 0 aromatic heterocycles. The molecule has 0 bridgehead atoms. The fourth-order valence-corrected chi connectivity index (χ4v) is 3.02. The van der Waals surface area contributed by atoms with E-state index in [4.69, 9.17) is 4.74 Å². The number of carbonyl (C=O) groups excluding carboxylic acids is 1. The van der Waals surface area contributed by atoms with Crippen molar-refractivity contribution in [2.75, 3.05) is 12.4 Å². The van der Waals surface area contributed by atoms with Gasteiger partial charge in [0.15, 0.2) is 0 Å². The van der Waals surface area contributed by atoms with Gasteiger partial charge in [0.1, 0.15) is 0 Å². The quantitative estimate of drug-likeness (QED) is 0.675. The molecule has 1 N–H and O–H groups in total. The van der Waals surface area contributed by atoms with E-state index in [9.17, 15) is 4.79 Å². The van der Waals surface area contributed by atoms with Gasteiger partial charge in [-0.05, 0) is 24.3 Å². The molecule has 0 spiro atoms. The van der Waals surface area contributed by atoms with Gasteiger partial charge >= 0.3 is 5.97 Å². The highest BCUT2D eigenvalue weighted by atomic mass is 32.2. The Morgan fingerprint density at radius 2 is 1.89 bits per heavy atom. The maximum Gasteiger partial charge on any atom is 0.339 e. The molecule has 90 valence electrons. The van der Waals surface area contributed by atoms with Gasteiger partial charge in [-0.2, -0.15) is 0 Å². The van der Waals surface area contributed by atoms with Crippen molar-refractivity contribution in [3.8, 4) is 0 Å². The summed E-state index contributed by atoms with van der Waals surface area (Å²) in [5, 5.41) is 3.33. The zero-order chi connectivity index (χ0) is 12.5. The number of rotatable bonds is 1. The predicted molar refractivity (Wildman–Crippen MR) is 71.6 cm³/mol. The first-order valence-electron chi connectivity index (χ1n) is 5.55. The number of esters is 1. The molecule has 0 aliphatic carbocycles. The van der Waals surface area contributed by atoms with E-state index in [0.29, 0.717) is 5.56 Å². The van der Waals surface area contributed by atoms with E-state index in [1.165, 1.54) is 7.11 Å². The third-order valence-electron chi connectivity index (χ3n) is 2.79. The summed E-state index contributed by atoms with van der Waals surface area (Å²) in [6.45, 7) is 0. The Bertz CT molecular complexity index is 625. The summed E-state index contributed by atoms with van der Waals surface area (Å²) in [7, 11) is 1.40. The standard InChI is InChI=1S/C14H11NO2S/c1-17-14(16)9-5-4-7-11-13(9)18-12-8-3-2-6-10(12)15-11/h2-8,15H,1H3. The van der Waals surface area contributed by atoms with Crippen LogP contribution in [0.2, 0.25) is 0 Å². The van der Waals surface area contributed by atoms with Crippen LogP contribution in [-0.4, -0.2) is 13.1 Å². The monoisotopic (exact) mass is 257 g/mol. The molecule has 0 radical (unpaired) electrons. The van der Waals surface area contributed by atoms with Crippen molar-refractivity contribution >= 4 is 29.1 Å². The van der Waals surface area contributed by atoms with Crippen LogP contribution in [0.1, 0.15) is 10.4 Å². The van der Waals surface area contributed by atoms with Crippen LogP contribution in [0.3, 0.4) is 0 Å². The molecule has 0 saturated carbocycles. The van der Waals surface area contributed by atoms with E-state index in [2.05, 4.69) is 5.32 Å². The molecule has 3 rings (SSSR count). The van der Waals surface area contributed by atoms with Crippen molar-refractivity contribution < 1.29 is 9.53 Å². The van der Waals surface area contributed by atoms with Crippen LogP contribution in [0.15, 0.2) is 52.3 Å². The second-order valence-electron chi connectivity index (χ2n) is 3.90. The minimum absolute atomic E-state index is 0.305. The fraction of sp³-hybridized carbons (Fsp3) is 0.0714. The van der Waals surface area contributed by atoms with Gasteiger partial charge in [0.25, 0.3) is 0 Å². The van der Waals surface area contributed by atoms with E-state index in [1.54, 1.807) is 17.8 Å². The fourth-order valence-electron chi connectivity index (χ4n) is 1.93. The van der Waals surface area contributed by atoms with Crippen molar-refractivity contribution in [2.45, 2.75) is 9.79 Å².